The predicted molar refractivity (Wildman–Crippen MR) is 74.6 cm³/mol. The zero-order valence-corrected chi connectivity index (χ0v) is 12.4. The molecule has 3 nitrogen and oxygen atoms in total. The van der Waals surface area contributed by atoms with Crippen LogP contribution in [0, 0.1) is 5.92 Å². The van der Waals surface area contributed by atoms with E-state index in [2.05, 4.69) is 6.92 Å². The zero-order chi connectivity index (χ0) is 13.6. The first kappa shape index (κ1) is 17.4. The highest BCUT2D eigenvalue weighted by Crippen LogP contribution is 2.05. The van der Waals surface area contributed by atoms with E-state index in [1.54, 1.807) is 0 Å². The van der Waals surface area contributed by atoms with E-state index >= 15 is 0 Å². The Labute approximate surface area is 112 Å². The summed E-state index contributed by atoms with van der Waals surface area (Å²) in [6.45, 7) is 7.80. The van der Waals surface area contributed by atoms with Gasteiger partial charge in [0, 0.05) is 6.61 Å². The van der Waals surface area contributed by atoms with Crippen LogP contribution in [0.1, 0.15) is 65.7 Å². The van der Waals surface area contributed by atoms with Crippen molar-refractivity contribution in [3.05, 3.63) is 0 Å². The van der Waals surface area contributed by atoms with Gasteiger partial charge in [0.1, 0.15) is 6.61 Å². The lowest BCUT2D eigenvalue weighted by molar-refractivity contribution is -0.149. The van der Waals surface area contributed by atoms with Gasteiger partial charge in [0.15, 0.2) is 0 Å². The van der Waals surface area contributed by atoms with Gasteiger partial charge in [-0.2, -0.15) is 0 Å². The van der Waals surface area contributed by atoms with Gasteiger partial charge >= 0.3 is 5.97 Å². The molecule has 0 radical (unpaired) electrons. The Morgan fingerprint density at radius 3 is 2.28 bits per heavy atom. The summed E-state index contributed by atoms with van der Waals surface area (Å²) in [6, 6.07) is 0. The summed E-state index contributed by atoms with van der Waals surface area (Å²) in [6.07, 6.45) is 8.46. The lowest BCUT2D eigenvalue weighted by atomic mass is 10.1. The van der Waals surface area contributed by atoms with Crippen molar-refractivity contribution in [2.45, 2.75) is 65.7 Å². The van der Waals surface area contributed by atoms with Gasteiger partial charge in [-0.15, -0.1) is 0 Å². The lowest BCUT2D eigenvalue weighted by Crippen LogP contribution is -2.17. The Morgan fingerprint density at radius 2 is 1.61 bits per heavy atom. The third-order valence-electron chi connectivity index (χ3n) is 3.13. The van der Waals surface area contributed by atoms with Crippen LogP contribution in [0.25, 0.3) is 0 Å². The maximum atomic E-state index is 11.3. The lowest BCUT2D eigenvalue weighted by Gasteiger charge is -2.09. The molecule has 0 aromatic rings. The van der Waals surface area contributed by atoms with Crippen LogP contribution in [0.15, 0.2) is 0 Å². The summed E-state index contributed by atoms with van der Waals surface area (Å²) in [7, 11) is 0. The number of hydrogen-bond acceptors (Lipinski definition) is 3. The van der Waals surface area contributed by atoms with Crippen molar-refractivity contribution >= 4 is 5.97 Å². The summed E-state index contributed by atoms with van der Waals surface area (Å²) in [5.41, 5.74) is 0. The highest BCUT2D eigenvalue weighted by molar-refractivity contribution is 5.71. The van der Waals surface area contributed by atoms with Crippen LogP contribution in [0.4, 0.5) is 0 Å². The van der Waals surface area contributed by atoms with E-state index in [0.717, 1.165) is 19.4 Å². The Kier molecular flexibility index (Phi) is 12.5. The van der Waals surface area contributed by atoms with Crippen LogP contribution in [0.2, 0.25) is 0 Å². The van der Waals surface area contributed by atoms with Crippen molar-refractivity contribution in [3.8, 4) is 0 Å². The molecule has 1 unspecified atom stereocenters. The van der Waals surface area contributed by atoms with Gasteiger partial charge in [-0.3, -0.25) is 4.79 Å². The van der Waals surface area contributed by atoms with Gasteiger partial charge in [-0.1, -0.05) is 52.9 Å². The molecule has 0 N–H and O–H groups in total. The second kappa shape index (κ2) is 12.9. The van der Waals surface area contributed by atoms with Crippen molar-refractivity contribution in [2.75, 3.05) is 19.8 Å². The standard InChI is InChI=1S/C15H30O3/c1-4-6-7-8-9-10-11-17-12-13-18-15(16)14(3)5-2/h14H,4-13H2,1-3H3. The first-order valence-corrected chi connectivity index (χ1v) is 7.46. The average Bonchev–Trinajstić information content (AvgIpc) is 2.39. The topological polar surface area (TPSA) is 35.5 Å². The maximum Gasteiger partial charge on any atom is 0.308 e. The largest absolute Gasteiger partial charge is 0.463 e. The van der Waals surface area contributed by atoms with Gasteiger partial charge in [0.05, 0.1) is 12.5 Å². The monoisotopic (exact) mass is 258 g/mol. The molecule has 0 bridgehead atoms. The molecule has 0 aromatic heterocycles. The minimum absolute atomic E-state index is 0.00330. The van der Waals surface area contributed by atoms with Crippen molar-refractivity contribution in [3.63, 3.8) is 0 Å². The SMILES string of the molecule is CCCCCCCCOCCOC(=O)C(C)CC. The van der Waals surface area contributed by atoms with Crippen molar-refractivity contribution in [2.24, 2.45) is 5.92 Å². The molecule has 0 fully saturated rings. The Morgan fingerprint density at radius 1 is 0.944 bits per heavy atom. The highest BCUT2D eigenvalue weighted by Gasteiger charge is 2.10. The Balaban J connectivity index is 3.14. The fourth-order valence-corrected chi connectivity index (χ4v) is 1.60. The Hall–Kier alpha value is -0.570. The van der Waals surface area contributed by atoms with Gasteiger partial charge in [0.2, 0.25) is 0 Å². The first-order valence-electron chi connectivity index (χ1n) is 7.46. The Bertz CT molecular complexity index is 192. The van der Waals surface area contributed by atoms with E-state index in [-0.39, 0.29) is 11.9 Å². The molecule has 0 rings (SSSR count). The molecule has 0 aliphatic rings. The molecule has 0 heterocycles. The highest BCUT2D eigenvalue weighted by atomic mass is 16.6. The number of rotatable bonds is 12. The molecule has 0 aliphatic carbocycles. The molecule has 1 atom stereocenters. The van der Waals surface area contributed by atoms with Crippen LogP contribution in [-0.4, -0.2) is 25.8 Å². The number of unbranched alkanes of at least 4 members (excludes halogenated alkanes) is 5. The predicted octanol–water partition coefficient (Wildman–Crippen LogP) is 3.95. The number of carbonyl (C=O) groups is 1. The zero-order valence-electron chi connectivity index (χ0n) is 12.4. The van der Waals surface area contributed by atoms with E-state index in [9.17, 15) is 4.79 Å². The molecule has 3 heteroatoms. The molecule has 0 amide bonds. The molecular weight excluding hydrogens is 228 g/mol. The number of hydrogen-bond donors (Lipinski definition) is 0. The van der Waals surface area contributed by atoms with Gasteiger partial charge in [-0.25, -0.2) is 0 Å². The summed E-state index contributed by atoms with van der Waals surface area (Å²) >= 11 is 0. The number of ether oxygens (including phenoxy) is 2. The van der Waals surface area contributed by atoms with Crippen LogP contribution >= 0.6 is 0 Å². The summed E-state index contributed by atoms with van der Waals surface area (Å²) in [5.74, 6) is -0.107. The first-order chi connectivity index (χ1) is 8.72. The summed E-state index contributed by atoms with van der Waals surface area (Å²) < 4.78 is 10.5. The van der Waals surface area contributed by atoms with Crippen molar-refractivity contribution in [1.82, 2.24) is 0 Å². The van der Waals surface area contributed by atoms with E-state index in [1.165, 1.54) is 32.1 Å². The van der Waals surface area contributed by atoms with Crippen LogP contribution in [0.3, 0.4) is 0 Å². The van der Waals surface area contributed by atoms with Gasteiger partial charge in [-0.05, 0) is 12.8 Å². The van der Waals surface area contributed by atoms with Crippen molar-refractivity contribution < 1.29 is 14.3 Å². The van der Waals surface area contributed by atoms with Gasteiger partial charge in [0.25, 0.3) is 0 Å². The molecule has 0 saturated carbocycles. The normalized spacial score (nSPS) is 12.4. The second-order valence-electron chi connectivity index (χ2n) is 4.86. The smallest absolute Gasteiger partial charge is 0.308 e. The minimum atomic E-state index is -0.110. The summed E-state index contributed by atoms with van der Waals surface area (Å²) in [5, 5.41) is 0. The fraction of sp³-hybridized carbons (Fsp3) is 0.933. The van der Waals surface area contributed by atoms with Crippen LogP contribution in [-0.2, 0) is 14.3 Å². The minimum Gasteiger partial charge on any atom is -0.463 e. The van der Waals surface area contributed by atoms with Crippen molar-refractivity contribution in [1.29, 1.82) is 0 Å². The molecule has 0 spiro atoms. The maximum absolute atomic E-state index is 11.3. The molecule has 0 aromatic carbocycles. The summed E-state index contributed by atoms with van der Waals surface area (Å²) in [4.78, 5) is 11.3. The third kappa shape index (κ3) is 10.6. The number of carbonyl (C=O) groups excluding carboxylic acids is 1. The molecule has 108 valence electrons. The van der Waals surface area contributed by atoms with E-state index < -0.39 is 0 Å². The van der Waals surface area contributed by atoms with E-state index in [0.29, 0.717) is 13.2 Å². The quantitative estimate of drug-likeness (QED) is 0.393. The molecule has 0 aliphatic heterocycles. The average molecular weight is 258 g/mol. The fourth-order valence-electron chi connectivity index (χ4n) is 1.60. The second-order valence-corrected chi connectivity index (χ2v) is 4.86. The number of esters is 1. The molecule has 0 saturated heterocycles. The molecule has 18 heavy (non-hydrogen) atoms. The third-order valence-corrected chi connectivity index (χ3v) is 3.13. The van der Waals surface area contributed by atoms with E-state index in [4.69, 9.17) is 9.47 Å². The van der Waals surface area contributed by atoms with Crippen LogP contribution < -0.4 is 0 Å². The van der Waals surface area contributed by atoms with E-state index in [1.807, 2.05) is 13.8 Å². The van der Waals surface area contributed by atoms with Gasteiger partial charge < -0.3 is 9.47 Å². The molecular formula is C15H30O3. The van der Waals surface area contributed by atoms with Crippen LogP contribution in [0.5, 0.6) is 0 Å².